The zero-order valence-electron chi connectivity index (χ0n) is 8.81. The first-order valence-corrected chi connectivity index (χ1v) is 6.43. The Morgan fingerprint density at radius 3 is 3.06 bits per heavy atom. The standard InChI is InChI=1S/C11H11IN2O2/c1-8(15)9-3-2-4-11-10(9)7-13-14(11)16-6-5-12/h2-4,7H,5-6H2,1H3. The largest absolute Gasteiger partial charge is 0.395 e. The fourth-order valence-electron chi connectivity index (χ4n) is 1.56. The maximum Gasteiger partial charge on any atom is 0.160 e. The summed E-state index contributed by atoms with van der Waals surface area (Å²) in [6.45, 7) is 2.15. The van der Waals surface area contributed by atoms with Crippen LogP contribution in [0.2, 0.25) is 0 Å². The summed E-state index contributed by atoms with van der Waals surface area (Å²) >= 11 is 2.23. The number of carbonyl (C=O) groups is 1. The zero-order valence-corrected chi connectivity index (χ0v) is 11.0. The number of rotatable bonds is 4. The van der Waals surface area contributed by atoms with E-state index in [1.54, 1.807) is 19.2 Å². The first-order valence-electron chi connectivity index (χ1n) is 4.91. The number of Topliss-reactive ketones (excluding diaryl/α,β-unsaturated/α-hetero) is 1. The lowest BCUT2D eigenvalue weighted by Gasteiger charge is -2.04. The van der Waals surface area contributed by atoms with Gasteiger partial charge in [-0.1, -0.05) is 39.6 Å². The smallest absolute Gasteiger partial charge is 0.160 e. The summed E-state index contributed by atoms with van der Waals surface area (Å²) in [5.74, 6) is 0.0408. The van der Waals surface area contributed by atoms with Crippen LogP contribution in [0.5, 0.6) is 0 Å². The minimum Gasteiger partial charge on any atom is -0.395 e. The van der Waals surface area contributed by atoms with Crippen LogP contribution < -0.4 is 4.84 Å². The molecule has 4 nitrogen and oxygen atoms in total. The fraction of sp³-hybridized carbons (Fsp3) is 0.273. The number of carbonyl (C=O) groups excluding carboxylic acids is 1. The van der Waals surface area contributed by atoms with E-state index in [1.807, 2.05) is 12.1 Å². The Labute approximate surface area is 107 Å². The Bertz CT molecular complexity index is 522. The summed E-state index contributed by atoms with van der Waals surface area (Å²) in [6.07, 6.45) is 1.67. The molecule has 0 radical (unpaired) electrons. The Balaban J connectivity index is 2.48. The summed E-state index contributed by atoms with van der Waals surface area (Å²) in [4.78, 5) is 18.3. The van der Waals surface area contributed by atoms with Crippen LogP contribution >= 0.6 is 22.6 Å². The van der Waals surface area contributed by atoms with Crippen LogP contribution in [0.15, 0.2) is 24.4 Å². The SMILES string of the molecule is CC(=O)c1cccc2c1cnn2OCCI. The van der Waals surface area contributed by atoms with Crippen molar-refractivity contribution >= 4 is 39.3 Å². The van der Waals surface area contributed by atoms with Crippen LogP contribution in [0.25, 0.3) is 10.9 Å². The van der Waals surface area contributed by atoms with Crippen molar-refractivity contribution < 1.29 is 9.63 Å². The molecular weight excluding hydrogens is 319 g/mol. The Morgan fingerprint density at radius 1 is 1.56 bits per heavy atom. The lowest BCUT2D eigenvalue weighted by atomic mass is 10.1. The van der Waals surface area contributed by atoms with E-state index in [0.717, 1.165) is 15.3 Å². The topological polar surface area (TPSA) is 44.1 Å². The molecule has 0 unspecified atom stereocenters. The molecule has 0 amide bonds. The van der Waals surface area contributed by atoms with Crippen LogP contribution in [0, 0.1) is 0 Å². The van der Waals surface area contributed by atoms with Gasteiger partial charge in [0.15, 0.2) is 5.78 Å². The third-order valence-corrected chi connectivity index (χ3v) is 2.69. The van der Waals surface area contributed by atoms with Gasteiger partial charge in [0.25, 0.3) is 0 Å². The zero-order chi connectivity index (χ0) is 11.5. The Hall–Kier alpha value is -1.11. The number of halogens is 1. The van der Waals surface area contributed by atoms with Gasteiger partial charge >= 0.3 is 0 Å². The highest BCUT2D eigenvalue weighted by Gasteiger charge is 2.10. The number of benzene rings is 1. The van der Waals surface area contributed by atoms with Crippen molar-refractivity contribution in [2.45, 2.75) is 6.92 Å². The minimum absolute atomic E-state index is 0.0408. The average Bonchev–Trinajstić information content (AvgIpc) is 2.69. The van der Waals surface area contributed by atoms with Crippen LogP contribution in [0.4, 0.5) is 0 Å². The van der Waals surface area contributed by atoms with E-state index in [4.69, 9.17) is 4.84 Å². The molecule has 1 aromatic heterocycles. The van der Waals surface area contributed by atoms with Gasteiger partial charge in [-0.05, 0) is 13.0 Å². The maximum atomic E-state index is 11.4. The molecule has 0 aliphatic rings. The van der Waals surface area contributed by atoms with Gasteiger partial charge in [-0.3, -0.25) is 4.79 Å². The van der Waals surface area contributed by atoms with Crippen molar-refractivity contribution in [1.82, 2.24) is 9.94 Å². The van der Waals surface area contributed by atoms with Crippen molar-refractivity contribution in [3.63, 3.8) is 0 Å². The predicted molar refractivity (Wildman–Crippen MR) is 70.1 cm³/mol. The molecule has 1 heterocycles. The van der Waals surface area contributed by atoms with Gasteiger partial charge in [-0.25, -0.2) is 0 Å². The van der Waals surface area contributed by atoms with Gasteiger partial charge in [0.2, 0.25) is 0 Å². The molecule has 0 fully saturated rings. The molecule has 0 saturated heterocycles. The van der Waals surface area contributed by atoms with Crippen LogP contribution in [0.1, 0.15) is 17.3 Å². The van der Waals surface area contributed by atoms with E-state index in [9.17, 15) is 4.79 Å². The Morgan fingerprint density at radius 2 is 2.38 bits per heavy atom. The highest BCUT2D eigenvalue weighted by Crippen LogP contribution is 2.18. The molecule has 84 valence electrons. The molecule has 0 saturated carbocycles. The van der Waals surface area contributed by atoms with Crippen molar-refractivity contribution in [2.75, 3.05) is 11.0 Å². The monoisotopic (exact) mass is 330 g/mol. The number of alkyl halides is 1. The molecule has 0 spiro atoms. The van der Waals surface area contributed by atoms with Crippen molar-refractivity contribution in [1.29, 1.82) is 0 Å². The van der Waals surface area contributed by atoms with E-state index < -0.39 is 0 Å². The second-order valence-electron chi connectivity index (χ2n) is 3.33. The highest BCUT2D eigenvalue weighted by atomic mass is 127. The third kappa shape index (κ3) is 2.04. The molecule has 0 N–H and O–H groups in total. The van der Waals surface area contributed by atoms with Crippen molar-refractivity contribution in [2.24, 2.45) is 0 Å². The van der Waals surface area contributed by atoms with Crippen molar-refractivity contribution in [3.05, 3.63) is 30.0 Å². The van der Waals surface area contributed by atoms with Gasteiger partial charge in [0.05, 0.1) is 6.20 Å². The summed E-state index contributed by atoms with van der Waals surface area (Å²) < 4.78 is 0.894. The van der Waals surface area contributed by atoms with Crippen LogP contribution in [-0.2, 0) is 0 Å². The van der Waals surface area contributed by atoms with E-state index in [1.165, 1.54) is 4.85 Å². The molecule has 5 heteroatoms. The van der Waals surface area contributed by atoms with Gasteiger partial charge in [-0.2, -0.15) is 0 Å². The lowest BCUT2D eigenvalue weighted by molar-refractivity contribution is 0.101. The highest BCUT2D eigenvalue weighted by molar-refractivity contribution is 14.1. The average molecular weight is 330 g/mol. The number of nitrogens with zero attached hydrogens (tertiary/aromatic N) is 2. The van der Waals surface area contributed by atoms with E-state index >= 15 is 0 Å². The molecule has 16 heavy (non-hydrogen) atoms. The van der Waals surface area contributed by atoms with Gasteiger partial charge in [-0.15, -0.1) is 5.10 Å². The number of hydrogen-bond acceptors (Lipinski definition) is 3. The molecule has 0 aliphatic carbocycles. The molecule has 1 aromatic carbocycles. The van der Waals surface area contributed by atoms with Gasteiger partial charge in [0, 0.05) is 15.4 Å². The Kier molecular flexibility index (Phi) is 3.42. The molecule has 2 aromatic rings. The molecular formula is C11H11IN2O2. The lowest BCUT2D eigenvalue weighted by Crippen LogP contribution is -2.14. The second-order valence-corrected chi connectivity index (χ2v) is 4.41. The van der Waals surface area contributed by atoms with Crippen molar-refractivity contribution in [3.8, 4) is 0 Å². The van der Waals surface area contributed by atoms with Gasteiger partial charge in [0.1, 0.15) is 12.1 Å². The summed E-state index contributed by atoms with van der Waals surface area (Å²) in [6, 6.07) is 5.53. The summed E-state index contributed by atoms with van der Waals surface area (Å²) in [7, 11) is 0. The summed E-state index contributed by atoms with van der Waals surface area (Å²) in [5.41, 5.74) is 1.51. The van der Waals surface area contributed by atoms with Gasteiger partial charge < -0.3 is 4.84 Å². The normalized spacial score (nSPS) is 10.6. The first kappa shape index (κ1) is 11.4. The second kappa shape index (κ2) is 4.82. The molecule has 0 atom stereocenters. The number of hydrogen-bond donors (Lipinski definition) is 0. The fourth-order valence-corrected chi connectivity index (χ4v) is 1.76. The van der Waals surface area contributed by atoms with E-state index in [2.05, 4.69) is 27.7 Å². The minimum atomic E-state index is 0.0408. The summed E-state index contributed by atoms with van der Waals surface area (Å²) in [5, 5.41) is 4.95. The number of aromatic nitrogens is 2. The van der Waals surface area contributed by atoms with Crippen LogP contribution in [0.3, 0.4) is 0 Å². The maximum absolute atomic E-state index is 11.4. The quantitative estimate of drug-likeness (QED) is 0.490. The molecule has 0 aliphatic heterocycles. The predicted octanol–water partition coefficient (Wildman–Crippen LogP) is 2.10. The number of ketones is 1. The third-order valence-electron chi connectivity index (χ3n) is 2.25. The van der Waals surface area contributed by atoms with Crippen LogP contribution in [-0.4, -0.2) is 26.8 Å². The molecule has 2 rings (SSSR count). The number of fused-ring (bicyclic) bond motifs is 1. The van der Waals surface area contributed by atoms with E-state index in [0.29, 0.717) is 12.2 Å². The molecule has 0 bridgehead atoms. The van der Waals surface area contributed by atoms with E-state index in [-0.39, 0.29) is 5.78 Å². The first-order chi connectivity index (χ1) is 7.74.